The number of benzene rings is 1. The summed E-state index contributed by atoms with van der Waals surface area (Å²) in [7, 11) is 1.52. The van der Waals surface area contributed by atoms with E-state index in [0.717, 1.165) is 0 Å². The van der Waals surface area contributed by atoms with Crippen molar-refractivity contribution < 1.29 is 18.7 Å². The van der Waals surface area contributed by atoms with E-state index >= 15 is 0 Å². The number of hydrogen-bond donors (Lipinski definition) is 1. The molecule has 116 valence electrons. The topological polar surface area (TPSA) is 73.1 Å². The fraction of sp³-hybridized carbons (Fsp3) is 0.200. The van der Waals surface area contributed by atoms with Crippen molar-refractivity contribution in [2.24, 2.45) is 5.10 Å². The molecule has 0 aliphatic carbocycles. The number of hydrazone groups is 1. The van der Waals surface area contributed by atoms with E-state index < -0.39 is 5.91 Å². The molecule has 1 aromatic heterocycles. The highest BCUT2D eigenvalue weighted by molar-refractivity contribution is 6.32. The maximum Gasteiger partial charge on any atom is 0.307 e. The molecule has 0 bridgehead atoms. The number of halogens is 1. The third-order valence-electron chi connectivity index (χ3n) is 2.67. The zero-order valence-electron chi connectivity index (χ0n) is 12.1. The highest BCUT2D eigenvalue weighted by Gasteiger charge is 2.11. The van der Waals surface area contributed by atoms with E-state index in [-0.39, 0.29) is 5.76 Å². The highest BCUT2D eigenvalue weighted by atomic mass is 35.5. The minimum atomic E-state index is -0.440. The second-order valence-electron chi connectivity index (χ2n) is 4.14. The maximum absolute atomic E-state index is 11.6. The Balaban J connectivity index is 2.11. The van der Waals surface area contributed by atoms with Gasteiger partial charge in [0.25, 0.3) is 0 Å². The van der Waals surface area contributed by atoms with Crippen molar-refractivity contribution in [2.45, 2.75) is 6.92 Å². The molecule has 0 fully saturated rings. The van der Waals surface area contributed by atoms with Crippen molar-refractivity contribution in [3.05, 3.63) is 46.9 Å². The number of nitrogens with one attached hydrogen (secondary N) is 1. The van der Waals surface area contributed by atoms with Gasteiger partial charge in [-0.2, -0.15) is 5.10 Å². The van der Waals surface area contributed by atoms with Gasteiger partial charge in [0, 0.05) is 0 Å². The van der Waals surface area contributed by atoms with Crippen molar-refractivity contribution in [1.29, 1.82) is 0 Å². The Morgan fingerprint density at radius 2 is 2.32 bits per heavy atom. The lowest BCUT2D eigenvalue weighted by Gasteiger charge is -2.11. The zero-order valence-corrected chi connectivity index (χ0v) is 12.9. The van der Waals surface area contributed by atoms with E-state index in [0.29, 0.717) is 28.7 Å². The summed E-state index contributed by atoms with van der Waals surface area (Å²) in [5, 5.41) is 4.25. The molecule has 6 nitrogen and oxygen atoms in total. The molecular formula is C15H15ClN2O4. The van der Waals surface area contributed by atoms with Crippen LogP contribution >= 0.6 is 11.6 Å². The molecule has 0 aliphatic rings. The molecule has 22 heavy (non-hydrogen) atoms. The molecule has 0 saturated heterocycles. The van der Waals surface area contributed by atoms with Gasteiger partial charge in [-0.3, -0.25) is 4.79 Å². The maximum atomic E-state index is 11.6. The minimum absolute atomic E-state index is 0.180. The molecule has 0 atom stereocenters. The Labute approximate surface area is 132 Å². The van der Waals surface area contributed by atoms with Gasteiger partial charge in [-0.15, -0.1) is 0 Å². The van der Waals surface area contributed by atoms with E-state index in [2.05, 4.69) is 10.5 Å². The molecule has 0 aliphatic heterocycles. The zero-order chi connectivity index (χ0) is 15.9. The third-order valence-corrected chi connectivity index (χ3v) is 2.95. The number of hydrogen-bond acceptors (Lipinski definition) is 5. The van der Waals surface area contributed by atoms with Crippen molar-refractivity contribution in [3.8, 4) is 11.5 Å². The molecule has 2 aromatic rings. The summed E-state index contributed by atoms with van der Waals surface area (Å²) in [6.07, 6.45) is 2.86. The van der Waals surface area contributed by atoms with Gasteiger partial charge in [-0.05, 0) is 36.8 Å². The molecule has 1 N–H and O–H groups in total. The van der Waals surface area contributed by atoms with Crippen LogP contribution in [0.25, 0.3) is 0 Å². The largest absolute Gasteiger partial charge is 0.493 e. The van der Waals surface area contributed by atoms with Gasteiger partial charge >= 0.3 is 5.91 Å². The van der Waals surface area contributed by atoms with Crippen LogP contribution in [0.4, 0.5) is 0 Å². The molecule has 2 rings (SSSR count). The standard InChI is InChI=1S/C15H15ClN2O4/c1-3-21-14-11(16)7-10(8-13(14)20-2)9-17-18-15(19)12-5-4-6-22-12/h4-9H,3H2,1-2H3,(H,18,19)/b17-9-. The highest BCUT2D eigenvalue weighted by Crippen LogP contribution is 2.35. The summed E-state index contributed by atoms with van der Waals surface area (Å²) < 4.78 is 15.6. The molecule has 7 heteroatoms. The smallest absolute Gasteiger partial charge is 0.307 e. The second-order valence-corrected chi connectivity index (χ2v) is 4.55. The summed E-state index contributed by atoms with van der Waals surface area (Å²) >= 11 is 6.15. The van der Waals surface area contributed by atoms with E-state index in [1.807, 2.05) is 6.92 Å². The third kappa shape index (κ3) is 3.79. The number of ether oxygens (including phenoxy) is 2. The molecule has 1 heterocycles. The van der Waals surface area contributed by atoms with Crippen molar-refractivity contribution >= 4 is 23.7 Å². The molecule has 0 saturated carbocycles. The van der Waals surface area contributed by atoms with Crippen LogP contribution in [-0.4, -0.2) is 25.8 Å². The molecule has 0 spiro atoms. The summed E-state index contributed by atoms with van der Waals surface area (Å²) in [6.45, 7) is 2.33. The number of nitrogens with zero attached hydrogens (tertiary/aromatic N) is 1. The van der Waals surface area contributed by atoms with Crippen LogP contribution in [0, 0.1) is 0 Å². The first kappa shape index (κ1) is 15.9. The summed E-state index contributed by atoms with van der Waals surface area (Å²) in [6, 6.07) is 6.54. The predicted molar refractivity (Wildman–Crippen MR) is 82.9 cm³/mol. The summed E-state index contributed by atoms with van der Waals surface area (Å²) in [5.74, 6) is 0.710. The quantitative estimate of drug-likeness (QED) is 0.655. The van der Waals surface area contributed by atoms with Crippen LogP contribution in [0.3, 0.4) is 0 Å². The van der Waals surface area contributed by atoms with E-state index in [9.17, 15) is 4.79 Å². The molecular weight excluding hydrogens is 308 g/mol. The monoisotopic (exact) mass is 322 g/mol. The predicted octanol–water partition coefficient (Wildman–Crippen LogP) is 3.10. The van der Waals surface area contributed by atoms with Gasteiger partial charge in [-0.1, -0.05) is 11.6 Å². The first-order valence-corrected chi connectivity index (χ1v) is 6.90. The van der Waals surface area contributed by atoms with Crippen LogP contribution in [-0.2, 0) is 0 Å². The second kappa shape index (κ2) is 7.51. The number of amides is 1. The van der Waals surface area contributed by atoms with Gasteiger partial charge < -0.3 is 13.9 Å². The van der Waals surface area contributed by atoms with Crippen LogP contribution in [0.2, 0.25) is 5.02 Å². The fourth-order valence-electron chi connectivity index (χ4n) is 1.73. The Hall–Kier alpha value is -2.47. The Morgan fingerprint density at radius 3 is 2.95 bits per heavy atom. The number of methoxy groups -OCH3 is 1. The average Bonchev–Trinajstić information content (AvgIpc) is 3.04. The van der Waals surface area contributed by atoms with Crippen LogP contribution in [0.1, 0.15) is 23.0 Å². The van der Waals surface area contributed by atoms with Gasteiger partial charge in [0.1, 0.15) is 0 Å². The minimum Gasteiger partial charge on any atom is -0.493 e. The Morgan fingerprint density at radius 1 is 1.50 bits per heavy atom. The fourth-order valence-corrected chi connectivity index (χ4v) is 2.00. The molecule has 1 amide bonds. The van der Waals surface area contributed by atoms with Gasteiger partial charge in [0.05, 0.1) is 31.2 Å². The lowest BCUT2D eigenvalue weighted by Crippen LogP contribution is -2.16. The van der Waals surface area contributed by atoms with Gasteiger partial charge in [0.15, 0.2) is 17.3 Å². The lowest BCUT2D eigenvalue weighted by molar-refractivity contribution is 0.0927. The van der Waals surface area contributed by atoms with E-state index in [1.165, 1.54) is 19.6 Å². The van der Waals surface area contributed by atoms with Crippen LogP contribution < -0.4 is 14.9 Å². The summed E-state index contributed by atoms with van der Waals surface area (Å²) in [4.78, 5) is 11.6. The number of carbonyl (C=O) groups is 1. The molecule has 1 aromatic carbocycles. The number of rotatable bonds is 6. The SMILES string of the molecule is CCOc1c(Cl)cc(/C=N\NC(=O)c2ccco2)cc1OC. The van der Waals surface area contributed by atoms with Crippen LogP contribution in [0.15, 0.2) is 40.0 Å². The van der Waals surface area contributed by atoms with Gasteiger partial charge in [-0.25, -0.2) is 5.43 Å². The van der Waals surface area contributed by atoms with E-state index in [1.54, 1.807) is 24.3 Å². The first-order chi connectivity index (χ1) is 10.7. The molecule has 0 unspecified atom stereocenters. The van der Waals surface area contributed by atoms with Crippen molar-refractivity contribution in [3.63, 3.8) is 0 Å². The Bertz CT molecular complexity index is 668. The number of carbonyl (C=O) groups excluding carboxylic acids is 1. The van der Waals surface area contributed by atoms with Gasteiger partial charge in [0.2, 0.25) is 0 Å². The van der Waals surface area contributed by atoms with Crippen LogP contribution in [0.5, 0.6) is 11.5 Å². The van der Waals surface area contributed by atoms with Crippen molar-refractivity contribution in [1.82, 2.24) is 5.43 Å². The first-order valence-electron chi connectivity index (χ1n) is 6.53. The summed E-state index contributed by atoms with van der Waals surface area (Å²) in [5.41, 5.74) is 3.01. The van der Waals surface area contributed by atoms with E-state index in [4.69, 9.17) is 25.5 Å². The lowest BCUT2D eigenvalue weighted by atomic mass is 10.2. The molecule has 0 radical (unpaired) electrons. The Kier molecular flexibility index (Phi) is 5.43. The number of furan rings is 1. The average molecular weight is 323 g/mol. The van der Waals surface area contributed by atoms with Crippen molar-refractivity contribution in [2.75, 3.05) is 13.7 Å². The normalized spacial score (nSPS) is 10.7.